The van der Waals surface area contributed by atoms with Crippen molar-refractivity contribution in [3.8, 4) is 0 Å². The standard InChI is InChI=1S/C34H50O4/c1-25(2)23-29-13-17-31(18-14-29)27(5)33(35)37-21-11-9-7-8-10-12-22-38-34(36)28(6)32-19-15-30(16-20-32)24-26(3)4/h13-20,25-28H,7-12,21-24H2,1-6H3/t27-,28+. The molecule has 2 aromatic rings. The maximum Gasteiger partial charge on any atom is 0.313 e. The average Bonchev–Trinajstić information content (AvgIpc) is 2.88. The van der Waals surface area contributed by atoms with E-state index in [2.05, 4.69) is 52.0 Å². The number of carbonyl (C=O) groups excluding carboxylic acids is 2. The van der Waals surface area contributed by atoms with E-state index in [-0.39, 0.29) is 23.8 Å². The van der Waals surface area contributed by atoms with Gasteiger partial charge in [0, 0.05) is 0 Å². The zero-order chi connectivity index (χ0) is 27.9. The first-order valence-corrected chi connectivity index (χ1v) is 14.7. The van der Waals surface area contributed by atoms with E-state index in [1.165, 1.54) is 11.1 Å². The molecule has 0 aliphatic rings. The minimum absolute atomic E-state index is 0.149. The number of carbonyl (C=O) groups is 2. The molecule has 0 saturated carbocycles. The summed E-state index contributed by atoms with van der Waals surface area (Å²) in [5.74, 6) is 0.472. The molecule has 4 heteroatoms. The van der Waals surface area contributed by atoms with E-state index in [9.17, 15) is 9.59 Å². The Hall–Kier alpha value is -2.62. The van der Waals surface area contributed by atoms with Crippen LogP contribution < -0.4 is 0 Å². The van der Waals surface area contributed by atoms with Gasteiger partial charge in [0.1, 0.15) is 0 Å². The van der Waals surface area contributed by atoms with Crippen molar-refractivity contribution in [2.24, 2.45) is 11.8 Å². The van der Waals surface area contributed by atoms with Crippen LogP contribution in [0.15, 0.2) is 48.5 Å². The van der Waals surface area contributed by atoms with E-state index >= 15 is 0 Å². The molecule has 0 amide bonds. The number of hydrogen-bond donors (Lipinski definition) is 0. The monoisotopic (exact) mass is 522 g/mol. The first-order chi connectivity index (χ1) is 18.2. The maximum absolute atomic E-state index is 12.4. The molecule has 0 N–H and O–H groups in total. The van der Waals surface area contributed by atoms with Crippen LogP contribution in [0.4, 0.5) is 0 Å². The highest BCUT2D eigenvalue weighted by Crippen LogP contribution is 2.20. The van der Waals surface area contributed by atoms with E-state index in [0.29, 0.717) is 25.0 Å². The predicted octanol–water partition coefficient (Wildman–Crippen LogP) is 8.42. The third-order valence-electron chi connectivity index (χ3n) is 6.98. The van der Waals surface area contributed by atoms with Gasteiger partial charge in [0.2, 0.25) is 0 Å². The van der Waals surface area contributed by atoms with E-state index in [1.807, 2.05) is 38.1 Å². The first-order valence-electron chi connectivity index (χ1n) is 14.7. The molecule has 2 aromatic carbocycles. The predicted molar refractivity (Wildman–Crippen MR) is 156 cm³/mol. The Morgan fingerprint density at radius 2 is 0.842 bits per heavy atom. The normalized spacial score (nSPS) is 12.9. The van der Waals surface area contributed by atoms with Crippen LogP contribution in [-0.2, 0) is 31.9 Å². The van der Waals surface area contributed by atoms with Gasteiger partial charge >= 0.3 is 11.9 Å². The second-order valence-electron chi connectivity index (χ2n) is 11.6. The van der Waals surface area contributed by atoms with Gasteiger partial charge in [0.05, 0.1) is 25.0 Å². The first kappa shape index (κ1) is 31.6. The van der Waals surface area contributed by atoms with Crippen molar-refractivity contribution >= 4 is 11.9 Å². The molecule has 0 heterocycles. The van der Waals surface area contributed by atoms with Crippen LogP contribution in [0.25, 0.3) is 0 Å². The van der Waals surface area contributed by atoms with E-state index < -0.39 is 0 Å². The Bertz CT molecular complexity index is 864. The molecule has 0 unspecified atom stereocenters. The SMILES string of the molecule is CC(C)Cc1ccc([C@H](C)C(=O)OCCCCCCCCOC(=O)[C@H](C)c2ccc(CC(C)C)cc2)cc1. The summed E-state index contributed by atoms with van der Waals surface area (Å²) in [6.07, 6.45) is 8.14. The van der Waals surface area contributed by atoms with Crippen molar-refractivity contribution in [1.29, 1.82) is 0 Å². The van der Waals surface area contributed by atoms with E-state index in [4.69, 9.17) is 9.47 Å². The fraction of sp³-hybridized carbons (Fsp3) is 0.588. The van der Waals surface area contributed by atoms with Gasteiger partial charge in [-0.05, 0) is 73.6 Å². The van der Waals surface area contributed by atoms with Crippen LogP contribution >= 0.6 is 0 Å². The van der Waals surface area contributed by atoms with Gasteiger partial charge in [-0.25, -0.2) is 0 Å². The van der Waals surface area contributed by atoms with Gasteiger partial charge in [0.15, 0.2) is 0 Å². The van der Waals surface area contributed by atoms with Gasteiger partial charge in [0.25, 0.3) is 0 Å². The topological polar surface area (TPSA) is 52.6 Å². The van der Waals surface area contributed by atoms with Crippen molar-refractivity contribution in [1.82, 2.24) is 0 Å². The zero-order valence-corrected chi connectivity index (χ0v) is 24.6. The Morgan fingerprint density at radius 3 is 1.16 bits per heavy atom. The molecule has 210 valence electrons. The molecular formula is C34H50O4. The number of unbranched alkanes of at least 4 members (excludes halogenated alkanes) is 5. The Kier molecular flexibility index (Phi) is 14.2. The lowest BCUT2D eigenvalue weighted by atomic mass is 9.97. The van der Waals surface area contributed by atoms with Crippen LogP contribution in [0.1, 0.15) is 114 Å². The molecule has 0 saturated heterocycles. The van der Waals surface area contributed by atoms with Crippen molar-refractivity contribution in [3.05, 3.63) is 70.8 Å². The quantitative estimate of drug-likeness (QED) is 0.155. The van der Waals surface area contributed by atoms with Crippen LogP contribution in [0.3, 0.4) is 0 Å². The maximum atomic E-state index is 12.4. The van der Waals surface area contributed by atoms with Crippen molar-refractivity contribution in [3.63, 3.8) is 0 Å². The van der Waals surface area contributed by atoms with Gasteiger partial charge in [-0.3, -0.25) is 9.59 Å². The second-order valence-corrected chi connectivity index (χ2v) is 11.6. The number of benzene rings is 2. The fourth-order valence-corrected chi connectivity index (χ4v) is 4.61. The molecule has 4 nitrogen and oxygen atoms in total. The summed E-state index contributed by atoms with van der Waals surface area (Å²) in [6.45, 7) is 13.6. The van der Waals surface area contributed by atoms with Crippen LogP contribution in [0.5, 0.6) is 0 Å². The van der Waals surface area contributed by atoms with Gasteiger partial charge in [-0.2, -0.15) is 0 Å². The van der Waals surface area contributed by atoms with Crippen molar-refractivity contribution in [2.75, 3.05) is 13.2 Å². The van der Waals surface area contributed by atoms with Gasteiger partial charge in [-0.1, -0.05) is 102 Å². The minimum Gasteiger partial charge on any atom is -0.465 e. The number of rotatable bonds is 17. The lowest BCUT2D eigenvalue weighted by molar-refractivity contribution is -0.146. The summed E-state index contributed by atoms with van der Waals surface area (Å²) in [5, 5.41) is 0. The smallest absolute Gasteiger partial charge is 0.313 e. The summed E-state index contributed by atoms with van der Waals surface area (Å²) in [7, 11) is 0. The highest BCUT2D eigenvalue weighted by Gasteiger charge is 2.17. The fourth-order valence-electron chi connectivity index (χ4n) is 4.61. The summed E-state index contributed by atoms with van der Waals surface area (Å²) in [6, 6.07) is 16.7. The van der Waals surface area contributed by atoms with Crippen LogP contribution in [-0.4, -0.2) is 25.2 Å². The number of esters is 2. The molecule has 0 aromatic heterocycles. The third kappa shape index (κ3) is 11.8. The van der Waals surface area contributed by atoms with Crippen LogP contribution in [0, 0.1) is 11.8 Å². The van der Waals surface area contributed by atoms with Gasteiger partial charge < -0.3 is 9.47 Å². The molecule has 2 rings (SSSR count). The molecule has 0 bridgehead atoms. The molecule has 0 fully saturated rings. The minimum atomic E-state index is -0.238. The average molecular weight is 523 g/mol. The Morgan fingerprint density at radius 1 is 0.526 bits per heavy atom. The highest BCUT2D eigenvalue weighted by atomic mass is 16.5. The molecule has 2 atom stereocenters. The Balaban J connectivity index is 1.51. The van der Waals surface area contributed by atoms with E-state index in [0.717, 1.165) is 62.5 Å². The number of ether oxygens (including phenoxy) is 2. The second kappa shape index (κ2) is 17.1. The summed E-state index contributed by atoms with van der Waals surface area (Å²) in [5.41, 5.74) is 4.63. The molecule has 0 aliphatic heterocycles. The molecule has 0 radical (unpaired) electrons. The third-order valence-corrected chi connectivity index (χ3v) is 6.98. The van der Waals surface area contributed by atoms with Gasteiger partial charge in [-0.15, -0.1) is 0 Å². The molecule has 0 aliphatic carbocycles. The molecule has 0 spiro atoms. The lowest BCUT2D eigenvalue weighted by Gasteiger charge is -2.13. The largest absolute Gasteiger partial charge is 0.465 e. The highest BCUT2D eigenvalue weighted by molar-refractivity contribution is 5.78. The van der Waals surface area contributed by atoms with E-state index in [1.54, 1.807) is 0 Å². The Labute approximate surface area is 231 Å². The zero-order valence-electron chi connectivity index (χ0n) is 24.6. The summed E-state index contributed by atoms with van der Waals surface area (Å²) >= 11 is 0. The molecule has 38 heavy (non-hydrogen) atoms. The summed E-state index contributed by atoms with van der Waals surface area (Å²) < 4.78 is 11.0. The molecular weight excluding hydrogens is 472 g/mol. The lowest BCUT2D eigenvalue weighted by Crippen LogP contribution is -2.14. The van der Waals surface area contributed by atoms with Crippen molar-refractivity contribution in [2.45, 2.75) is 105 Å². The summed E-state index contributed by atoms with van der Waals surface area (Å²) in [4.78, 5) is 24.8. The number of hydrogen-bond acceptors (Lipinski definition) is 4. The van der Waals surface area contributed by atoms with Crippen molar-refractivity contribution < 1.29 is 19.1 Å². The van der Waals surface area contributed by atoms with Crippen LogP contribution in [0.2, 0.25) is 0 Å².